The molecule has 1 aliphatic rings. The average Bonchev–Trinajstić information content (AvgIpc) is 2.74. The van der Waals surface area contributed by atoms with Crippen molar-refractivity contribution in [1.29, 1.82) is 0 Å². The molecule has 8 nitrogen and oxygen atoms in total. The predicted molar refractivity (Wildman–Crippen MR) is 113 cm³/mol. The molecule has 2 heterocycles. The molecule has 0 unspecified atom stereocenters. The number of halogens is 3. The number of hydrogen-bond donors (Lipinski definition) is 1. The van der Waals surface area contributed by atoms with Gasteiger partial charge in [0.25, 0.3) is 5.56 Å². The van der Waals surface area contributed by atoms with E-state index in [1.165, 1.54) is 10.6 Å². The lowest BCUT2D eigenvalue weighted by molar-refractivity contribution is -0.134. The van der Waals surface area contributed by atoms with E-state index in [4.69, 9.17) is 9.84 Å². The normalized spacial score (nSPS) is 14.3. The smallest absolute Gasteiger partial charge is 0.273 e. The maximum Gasteiger partial charge on any atom is 0.273 e. The van der Waals surface area contributed by atoms with Gasteiger partial charge in [-0.2, -0.15) is 4.98 Å². The number of amides is 1. The van der Waals surface area contributed by atoms with Crippen LogP contribution in [0.3, 0.4) is 0 Å². The summed E-state index contributed by atoms with van der Waals surface area (Å²) in [6, 6.07) is 2.95. The zero-order valence-electron chi connectivity index (χ0n) is 17.1. The lowest BCUT2D eigenvalue weighted by Gasteiger charge is -2.36. The maximum atomic E-state index is 13.9. The first-order valence-electron chi connectivity index (χ1n) is 9.75. The zero-order valence-corrected chi connectivity index (χ0v) is 18.7. The molecule has 1 aromatic heterocycles. The summed E-state index contributed by atoms with van der Waals surface area (Å²) in [5.74, 6) is -1.43. The minimum absolute atomic E-state index is 0.00510. The van der Waals surface area contributed by atoms with E-state index in [1.54, 1.807) is 4.90 Å². The summed E-state index contributed by atoms with van der Waals surface area (Å²) in [6.07, 6.45) is 0. The van der Waals surface area contributed by atoms with Crippen molar-refractivity contribution in [3.63, 3.8) is 0 Å². The number of rotatable bonds is 6. The Morgan fingerprint density at radius 2 is 1.94 bits per heavy atom. The number of piperazine rings is 1. The minimum atomic E-state index is -0.753. The summed E-state index contributed by atoms with van der Waals surface area (Å²) >= 11 is 3.23. The standard InChI is InChI=1S/C20H23BrF2N4O4/c1-12(2)27-19(30)17(21)18(31-11-13-3-4-14(22)9-15(13)23)24-20(27)26-7-5-25(6-8-26)16(29)10-28/h3-4,9,12,28H,5-8,10-11H2,1-2H3. The number of carbonyl (C=O) groups excluding carboxylic acids is 1. The first kappa shape index (κ1) is 23.1. The van der Waals surface area contributed by atoms with Crippen LogP contribution in [0, 0.1) is 11.6 Å². The fraction of sp³-hybridized carbons (Fsp3) is 0.450. The molecule has 0 atom stereocenters. The van der Waals surface area contributed by atoms with Crippen molar-refractivity contribution >= 4 is 27.8 Å². The lowest BCUT2D eigenvalue weighted by Crippen LogP contribution is -2.51. The quantitative estimate of drug-likeness (QED) is 0.653. The fourth-order valence-corrected chi connectivity index (χ4v) is 3.70. The van der Waals surface area contributed by atoms with Crippen molar-refractivity contribution in [1.82, 2.24) is 14.5 Å². The molecular formula is C20H23BrF2N4O4. The number of hydrogen-bond acceptors (Lipinski definition) is 6. The van der Waals surface area contributed by atoms with Crippen LogP contribution >= 0.6 is 15.9 Å². The molecule has 1 N–H and O–H groups in total. The predicted octanol–water partition coefficient (Wildman–Crippen LogP) is 2.08. The summed E-state index contributed by atoms with van der Waals surface area (Å²) in [7, 11) is 0. The molecule has 0 spiro atoms. The Kier molecular flexibility index (Phi) is 7.26. The number of carbonyl (C=O) groups is 1. The van der Waals surface area contributed by atoms with E-state index in [0.717, 1.165) is 12.1 Å². The van der Waals surface area contributed by atoms with E-state index in [0.29, 0.717) is 32.1 Å². The second kappa shape index (κ2) is 9.73. The highest BCUT2D eigenvalue weighted by molar-refractivity contribution is 9.10. The van der Waals surface area contributed by atoms with E-state index in [9.17, 15) is 18.4 Å². The van der Waals surface area contributed by atoms with Gasteiger partial charge in [-0.1, -0.05) is 0 Å². The molecule has 1 saturated heterocycles. The van der Waals surface area contributed by atoms with Gasteiger partial charge >= 0.3 is 0 Å². The van der Waals surface area contributed by atoms with Crippen molar-refractivity contribution in [2.45, 2.75) is 26.5 Å². The molecule has 0 saturated carbocycles. The summed E-state index contributed by atoms with van der Waals surface area (Å²) < 4.78 is 34.3. The van der Waals surface area contributed by atoms with Gasteiger partial charge in [-0.25, -0.2) is 8.78 Å². The van der Waals surface area contributed by atoms with Crippen LogP contribution in [0.4, 0.5) is 14.7 Å². The Bertz CT molecular complexity index is 1020. The van der Waals surface area contributed by atoms with Gasteiger partial charge in [0.1, 0.15) is 29.3 Å². The second-order valence-electron chi connectivity index (χ2n) is 7.35. The number of anilines is 1. The van der Waals surface area contributed by atoms with Crippen LogP contribution in [-0.4, -0.2) is 58.3 Å². The molecule has 0 bridgehead atoms. The zero-order chi connectivity index (χ0) is 22.7. The van der Waals surface area contributed by atoms with Crippen LogP contribution < -0.4 is 15.2 Å². The summed E-state index contributed by atoms with van der Waals surface area (Å²) in [6.45, 7) is 4.49. The Balaban J connectivity index is 1.89. The monoisotopic (exact) mass is 500 g/mol. The summed E-state index contributed by atoms with van der Waals surface area (Å²) in [5.41, 5.74) is -0.232. The van der Waals surface area contributed by atoms with Gasteiger partial charge < -0.3 is 19.6 Å². The number of ether oxygens (including phenoxy) is 1. The summed E-state index contributed by atoms with van der Waals surface area (Å²) in [5, 5.41) is 9.05. The third-order valence-corrected chi connectivity index (χ3v) is 5.64. The highest BCUT2D eigenvalue weighted by atomic mass is 79.9. The van der Waals surface area contributed by atoms with Crippen molar-refractivity contribution in [2.24, 2.45) is 0 Å². The highest BCUT2D eigenvalue weighted by Crippen LogP contribution is 2.26. The van der Waals surface area contributed by atoms with Crippen LogP contribution in [0.25, 0.3) is 0 Å². The Hall–Kier alpha value is -2.53. The van der Waals surface area contributed by atoms with Crippen molar-refractivity contribution in [3.8, 4) is 5.88 Å². The number of aliphatic hydroxyl groups is 1. The molecule has 1 fully saturated rings. The number of benzene rings is 1. The van der Waals surface area contributed by atoms with Gasteiger partial charge in [-0.15, -0.1) is 0 Å². The maximum absolute atomic E-state index is 13.9. The van der Waals surface area contributed by atoms with Gasteiger partial charge in [-0.05, 0) is 41.9 Å². The van der Waals surface area contributed by atoms with Gasteiger partial charge in [-0.3, -0.25) is 14.2 Å². The van der Waals surface area contributed by atoms with Crippen LogP contribution in [0.1, 0.15) is 25.5 Å². The fourth-order valence-electron chi connectivity index (χ4n) is 3.31. The van der Waals surface area contributed by atoms with Gasteiger partial charge in [0.15, 0.2) is 0 Å². The SMILES string of the molecule is CC(C)n1c(N2CCN(C(=O)CO)CC2)nc(OCc2ccc(F)cc2F)c(Br)c1=O. The Morgan fingerprint density at radius 3 is 2.52 bits per heavy atom. The van der Waals surface area contributed by atoms with E-state index in [1.807, 2.05) is 18.7 Å². The van der Waals surface area contributed by atoms with E-state index >= 15 is 0 Å². The number of nitrogens with zero attached hydrogens (tertiary/aromatic N) is 4. The summed E-state index contributed by atoms with van der Waals surface area (Å²) in [4.78, 5) is 32.6. The first-order chi connectivity index (χ1) is 14.7. The van der Waals surface area contributed by atoms with E-state index in [2.05, 4.69) is 20.9 Å². The Morgan fingerprint density at radius 1 is 1.26 bits per heavy atom. The third-order valence-electron chi connectivity index (χ3n) is 4.96. The van der Waals surface area contributed by atoms with Crippen LogP contribution in [0.2, 0.25) is 0 Å². The van der Waals surface area contributed by atoms with E-state index in [-0.39, 0.29) is 40.0 Å². The molecule has 1 aromatic carbocycles. The van der Waals surface area contributed by atoms with Crippen molar-refractivity contribution in [2.75, 3.05) is 37.7 Å². The van der Waals surface area contributed by atoms with Crippen molar-refractivity contribution in [3.05, 3.63) is 50.2 Å². The number of aromatic nitrogens is 2. The molecule has 3 rings (SSSR count). The number of aliphatic hydroxyl groups excluding tert-OH is 1. The van der Waals surface area contributed by atoms with Crippen LogP contribution in [0.5, 0.6) is 5.88 Å². The van der Waals surface area contributed by atoms with Crippen molar-refractivity contribution < 1.29 is 23.4 Å². The molecule has 0 aliphatic carbocycles. The topological polar surface area (TPSA) is 87.9 Å². The molecule has 2 aromatic rings. The molecule has 168 valence electrons. The highest BCUT2D eigenvalue weighted by Gasteiger charge is 2.26. The second-order valence-corrected chi connectivity index (χ2v) is 8.14. The Labute approximate surface area is 186 Å². The molecule has 11 heteroatoms. The molecule has 31 heavy (non-hydrogen) atoms. The molecule has 0 radical (unpaired) electrons. The van der Waals surface area contributed by atoms with E-state index < -0.39 is 18.2 Å². The molecular weight excluding hydrogens is 478 g/mol. The first-order valence-corrected chi connectivity index (χ1v) is 10.5. The van der Waals surface area contributed by atoms with Crippen LogP contribution in [0.15, 0.2) is 27.5 Å². The van der Waals surface area contributed by atoms with Crippen LogP contribution in [-0.2, 0) is 11.4 Å². The lowest BCUT2D eigenvalue weighted by atomic mass is 10.2. The average molecular weight is 501 g/mol. The molecule has 1 amide bonds. The largest absolute Gasteiger partial charge is 0.472 e. The molecule has 1 aliphatic heterocycles. The van der Waals surface area contributed by atoms with Gasteiger partial charge in [0, 0.05) is 43.9 Å². The minimum Gasteiger partial charge on any atom is -0.472 e. The third kappa shape index (κ3) is 5.04. The van der Waals surface area contributed by atoms with Gasteiger partial charge in [0.05, 0.1) is 0 Å². The van der Waals surface area contributed by atoms with Gasteiger partial charge in [0.2, 0.25) is 17.7 Å².